The van der Waals surface area contributed by atoms with Gasteiger partial charge in [-0.05, 0) is 12.1 Å². The first kappa shape index (κ1) is 15.5. The Labute approximate surface area is 123 Å². The number of nitrogens with zero attached hydrogens (tertiary/aromatic N) is 2. The van der Waals surface area contributed by atoms with Crippen LogP contribution in [0.5, 0.6) is 0 Å². The molecule has 6 nitrogen and oxygen atoms in total. The van der Waals surface area contributed by atoms with E-state index in [0.29, 0.717) is 33.0 Å². The number of ether oxygens (including phenoxy) is 3. The van der Waals surface area contributed by atoms with Crippen molar-refractivity contribution in [3.05, 3.63) is 30.6 Å². The van der Waals surface area contributed by atoms with Crippen molar-refractivity contribution in [2.45, 2.75) is 13.0 Å². The van der Waals surface area contributed by atoms with Gasteiger partial charge in [-0.25, -0.2) is 4.98 Å². The Morgan fingerprint density at radius 1 is 1.19 bits per heavy atom. The highest BCUT2D eigenvalue weighted by atomic mass is 16.5. The molecule has 114 valence electrons. The van der Waals surface area contributed by atoms with E-state index in [4.69, 9.17) is 14.2 Å². The van der Waals surface area contributed by atoms with Gasteiger partial charge in [-0.1, -0.05) is 12.1 Å². The van der Waals surface area contributed by atoms with Crippen LogP contribution >= 0.6 is 0 Å². The standard InChI is InChI=1S/C15H20N2O4/c1-19-10-11-20-8-6-15(18)21-9-7-17-12-16-13-4-2-3-5-14(13)17/h2-5,12H,6-11H2,1H3. The molecule has 0 amide bonds. The van der Waals surface area contributed by atoms with Gasteiger partial charge in [0.15, 0.2) is 0 Å². The van der Waals surface area contributed by atoms with E-state index >= 15 is 0 Å². The number of rotatable bonds is 9. The van der Waals surface area contributed by atoms with Crippen molar-refractivity contribution in [3.8, 4) is 0 Å². The van der Waals surface area contributed by atoms with Crippen LogP contribution in [0.15, 0.2) is 30.6 Å². The molecule has 0 radical (unpaired) electrons. The number of hydrogen-bond donors (Lipinski definition) is 0. The SMILES string of the molecule is COCCOCCC(=O)OCCn1cnc2ccccc21. The number of hydrogen-bond acceptors (Lipinski definition) is 5. The molecule has 1 aromatic heterocycles. The van der Waals surface area contributed by atoms with E-state index in [1.807, 2.05) is 28.8 Å². The zero-order chi connectivity index (χ0) is 14.9. The first-order valence-electron chi connectivity index (χ1n) is 6.93. The van der Waals surface area contributed by atoms with Gasteiger partial charge in [0, 0.05) is 7.11 Å². The summed E-state index contributed by atoms with van der Waals surface area (Å²) in [6.45, 7) is 2.30. The molecule has 0 aliphatic carbocycles. The Kier molecular flexibility index (Phi) is 6.18. The van der Waals surface area contributed by atoms with Crippen LogP contribution in [0.2, 0.25) is 0 Å². The first-order valence-corrected chi connectivity index (χ1v) is 6.93. The molecule has 1 aromatic carbocycles. The van der Waals surface area contributed by atoms with E-state index in [1.54, 1.807) is 13.4 Å². The maximum Gasteiger partial charge on any atom is 0.308 e. The normalized spacial score (nSPS) is 10.9. The third-order valence-electron chi connectivity index (χ3n) is 3.00. The fourth-order valence-corrected chi connectivity index (χ4v) is 1.92. The zero-order valence-electron chi connectivity index (χ0n) is 12.2. The van der Waals surface area contributed by atoms with E-state index in [2.05, 4.69) is 4.98 Å². The van der Waals surface area contributed by atoms with E-state index in [-0.39, 0.29) is 12.4 Å². The number of esters is 1. The van der Waals surface area contributed by atoms with Crippen LogP contribution < -0.4 is 0 Å². The van der Waals surface area contributed by atoms with Gasteiger partial charge in [0.2, 0.25) is 0 Å². The number of carbonyl (C=O) groups excluding carboxylic acids is 1. The minimum atomic E-state index is -0.253. The fraction of sp³-hybridized carbons (Fsp3) is 0.467. The highest BCUT2D eigenvalue weighted by molar-refractivity contribution is 5.74. The summed E-state index contributed by atoms with van der Waals surface area (Å²) in [7, 11) is 1.61. The molecule has 0 unspecified atom stereocenters. The molecule has 0 saturated carbocycles. The third-order valence-corrected chi connectivity index (χ3v) is 3.00. The summed E-state index contributed by atoms with van der Waals surface area (Å²) in [5, 5.41) is 0. The Morgan fingerprint density at radius 2 is 2.05 bits per heavy atom. The second-order valence-electron chi connectivity index (χ2n) is 4.50. The summed E-state index contributed by atoms with van der Waals surface area (Å²) in [6, 6.07) is 7.86. The van der Waals surface area contributed by atoms with Crippen molar-refractivity contribution in [3.63, 3.8) is 0 Å². The van der Waals surface area contributed by atoms with E-state index in [1.165, 1.54) is 0 Å². The smallest absolute Gasteiger partial charge is 0.308 e. The number of carbonyl (C=O) groups is 1. The molecule has 0 saturated heterocycles. The molecule has 0 N–H and O–H groups in total. The Bertz CT molecular complexity index is 568. The van der Waals surface area contributed by atoms with Crippen LogP contribution in [0.1, 0.15) is 6.42 Å². The van der Waals surface area contributed by atoms with E-state index < -0.39 is 0 Å². The van der Waals surface area contributed by atoms with E-state index in [9.17, 15) is 4.79 Å². The van der Waals surface area contributed by atoms with Crippen molar-refractivity contribution < 1.29 is 19.0 Å². The van der Waals surface area contributed by atoms with Crippen molar-refractivity contribution >= 4 is 17.0 Å². The molecule has 0 spiro atoms. The molecule has 2 aromatic rings. The van der Waals surface area contributed by atoms with Crippen LogP contribution in [-0.4, -0.2) is 49.1 Å². The summed E-state index contributed by atoms with van der Waals surface area (Å²) in [5.41, 5.74) is 1.98. The molecule has 0 bridgehead atoms. The van der Waals surface area contributed by atoms with Gasteiger partial charge < -0.3 is 18.8 Å². The molecule has 0 fully saturated rings. The summed E-state index contributed by atoms with van der Waals surface area (Å²) >= 11 is 0. The number of fused-ring (bicyclic) bond motifs is 1. The van der Waals surface area contributed by atoms with Crippen LogP contribution in [0.4, 0.5) is 0 Å². The number of imidazole rings is 1. The minimum Gasteiger partial charge on any atom is -0.464 e. The molecule has 0 aliphatic rings. The lowest BCUT2D eigenvalue weighted by Gasteiger charge is -2.07. The van der Waals surface area contributed by atoms with Crippen molar-refractivity contribution in [1.82, 2.24) is 9.55 Å². The zero-order valence-corrected chi connectivity index (χ0v) is 12.2. The number of para-hydroxylation sites is 2. The largest absolute Gasteiger partial charge is 0.464 e. The third kappa shape index (κ3) is 4.84. The van der Waals surface area contributed by atoms with Gasteiger partial charge >= 0.3 is 5.97 Å². The van der Waals surface area contributed by atoms with Crippen LogP contribution in [0.25, 0.3) is 11.0 Å². The van der Waals surface area contributed by atoms with Crippen LogP contribution in [-0.2, 0) is 25.5 Å². The fourth-order valence-electron chi connectivity index (χ4n) is 1.92. The number of aromatic nitrogens is 2. The predicted octanol–water partition coefficient (Wildman–Crippen LogP) is 1.63. The summed E-state index contributed by atoms with van der Waals surface area (Å²) < 4.78 is 17.2. The van der Waals surface area contributed by atoms with Gasteiger partial charge in [0.25, 0.3) is 0 Å². The van der Waals surface area contributed by atoms with Gasteiger partial charge in [0.1, 0.15) is 6.61 Å². The van der Waals surface area contributed by atoms with Crippen molar-refractivity contribution in [2.75, 3.05) is 33.5 Å². The molecule has 2 rings (SSSR count). The van der Waals surface area contributed by atoms with Gasteiger partial charge in [-0.15, -0.1) is 0 Å². The average Bonchev–Trinajstić information content (AvgIpc) is 2.91. The lowest BCUT2D eigenvalue weighted by Crippen LogP contribution is -2.13. The monoisotopic (exact) mass is 292 g/mol. The number of methoxy groups -OCH3 is 1. The lowest BCUT2D eigenvalue weighted by molar-refractivity contribution is -0.145. The van der Waals surface area contributed by atoms with Gasteiger partial charge in [-0.3, -0.25) is 4.79 Å². The second kappa shape index (κ2) is 8.39. The average molecular weight is 292 g/mol. The Hall–Kier alpha value is -1.92. The summed E-state index contributed by atoms with van der Waals surface area (Å²) in [5.74, 6) is -0.253. The summed E-state index contributed by atoms with van der Waals surface area (Å²) in [6.07, 6.45) is 2.01. The highest BCUT2D eigenvalue weighted by Gasteiger charge is 2.05. The topological polar surface area (TPSA) is 62.6 Å². The van der Waals surface area contributed by atoms with Gasteiger partial charge in [-0.2, -0.15) is 0 Å². The van der Waals surface area contributed by atoms with E-state index in [0.717, 1.165) is 11.0 Å². The van der Waals surface area contributed by atoms with Crippen LogP contribution in [0, 0.1) is 0 Å². The number of benzene rings is 1. The predicted molar refractivity (Wildman–Crippen MR) is 78.0 cm³/mol. The van der Waals surface area contributed by atoms with Crippen molar-refractivity contribution in [1.29, 1.82) is 0 Å². The minimum absolute atomic E-state index is 0.253. The lowest BCUT2D eigenvalue weighted by atomic mass is 10.3. The van der Waals surface area contributed by atoms with Gasteiger partial charge in [0.05, 0.1) is 50.1 Å². The summed E-state index contributed by atoms with van der Waals surface area (Å²) in [4.78, 5) is 15.8. The second-order valence-corrected chi connectivity index (χ2v) is 4.50. The molecule has 0 aliphatic heterocycles. The maximum atomic E-state index is 11.5. The highest BCUT2D eigenvalue weighted by Crippen LogP contribution is 2.11. The molecular weight excluding hydrogens is 272 g/mol. The first-order chi connectivity index (χ1) is 10.3. The van der Waals surface area contributed by atoms with Crippen molar-refractivity contribution in [2.24, 2.45) is 0 Å². The molecule has 1 heterocycles. The quantitative estimate of drug-likeness (QED) is 0.519. The molecule has 0 atom stereocenters. The molecular formula is C15H20N2O4. The molecule has 6 heteroatoms. The van der Waals surface area contributed by atoms with Crippen LogP contribution in [0.3, 0.4) is 0 Å². The Balaban J connectivity index is 1.66. The maximum absolute atomic E-state index is 11.5. The Morgan fingerprint density at radius 3 is 2.90 bits per heavy atom. The molecule has 21 heavy (non-hydrogen) atoms.